The van der Waals surface area contributed by atoms with E-state index in [9.17, 15) is 4.79 Å². The van der Waals surface area contributed by atoms with Crippen LogP contribution in [-0.2, 0) is 24.6 Å². The SMILES string of the molecule is [B]Cc1ccc(SC(=O)CCc2cn(C)nn2)cc1. The molecule has 2 rings (SSSR count). The summed E-state index contributed by atoms with van der Waals surface area (Å²) in [5.74, 6) is 0. The highest BCUT2D eigenvalue weighted by Gasteiger charge is 2.07. The quantitative estimate of drug-likeness (QED) is 0.614. The maximum absolute atomic E-state index is 11.8. The second-order valence-corrected chi connectivity index (χ2v) is 5.34. The number of carbonyl (C=O) groups excluding carboxylic acids is 1. The molecule has 1 aromatic heterocycles. The van der Waals surface area contributed by atoms with E-state index >= 15 is 0 Å². The summed E-state index contributed by atoms with van der Waals surface area (Å²) >= 11 is 1.25. The van der Waals surface area contributed by atoms with E-state index in [1.54, 1.807) is 4.68 Å². The van der Waals surface area contributed by atoms with E-state index < -0.39 is 0 Å². The second kappa shape index (κ2) is 6.56. The number of rotatable bonds is 5. The maximum Gasteiger partial charge on any atom is 0.194 e. The normalized spacial score (nSPS) is 10.6. The third-order valence-corrected chi connectivity index (χ3v) is 3.57. The average molecular weight is 271 g/mol. The van der Waals surface area contributed by atoms with E-state index in [1.165, 1.54) is 11.8 Å². The Kier molecular flexibility index (Phi) is 4.79. The fourth-order valence-electron chi connectivity index (χ4n) is 1.62. The van der Waals surface area contributed by atoms with Crippen LogP contribution in [0.15, 0.2) is 35.4 Å². The first-order valence-electron chi connectivity index (χ1n) is 6.02. The highest BCUT2D eigenvalue weighted by molar-refractivity contribution is 8.13. The van der Waals surface area contributed by atoms with E-state index in [1.807, 2.05) is 37.5 Å². The van der Waals surface area contributed by atoms with Gasteiger partial charge in [0.2, 0.25) is 0 Å². The summed E-state index contributed by atoms with van der Waals surface area (Å²) in [6.07, 6.45) is 3.43. The van der Waals surface area contributed by atoms with Crippen molar-refractivity contribution < 1.29 is 4.79 Å². The zero-order chi connectivity index (χ0) is 13.7. The standard InChI is InChI=1S/C13H14BN3OS/c1-17-9-11(15-16-17)4-7-13(18)19-12-5-2-10(8-14)3-6-12/h2-3,5-6,9H,4,7-8H2,1H3. The van der Waals surface area contributed by atoms with Crippen molar-refractivity contribution in [2.45, 2.75) is 24.1 Å². The van der Waals surface area contributed by atoms with Gasteiger partial charge in [-0.3, -0.25) is 9.48 Å². The van der Waals surface area contributed by atoms with Crippen molar-refractivity contribution in [1.82, 2.24) is 15.0 Å². The number of aromatic nitrogens is 3. The van der Waals surface area contributed by atoms with Crippen LogP contribution < -0.4 is 0 Å². The van der Waals surface area contributed by atoms with Crippen LogP contribution in [0.5, 0.6) is 0 Å². The van der Waals surface area contributed by atoms with Crippen LogP contribution in [0.2, 0.25) is 0 Å². The molecule has 0 saturated heterocycles. The summed E-state index contributed by atoms with van der Waals surface area (Å²) < 4.78 is 1.64. The lowest BCUT2D eigenvalue weighted by molar-refractivity contribution is -0.110. The van der Waals surface area contributed by atoms with Crippen molar-refractivity contribution in [1.29, 1.82) is 0 Å². The van der Waals surface area contributed by atoms with Crippen LogP contribution in [0.3, 0.4) is 0 Å². The summed E-state index contributed by atoms with van der Waals surface area (Å²) in [5, 5.41) is 7.92. The van der Waals surface area contributed by atoms with Gasteiger partial charge in [-0.2, -0.15) is 0 Å². The molecule has 0 saturated carbocycles. The number of nitrogens with zero attached hydrogens (tertiary/aromatic N) is 3. The molecule has 0 fully saturated rings. The molecule has 0 spiro atoms. The fraction of sp³-hybridized carbons (Fsp3) is 0.308. The van der Waals surface area contributed by atoms with E-state index in [2.05, 4.69) is 10.3 Å². The second-order valence-electron chi connectivity index (χ2n) is 4.21. The molecule has 96 valence electrons. The monoisotopic (exact) mass is 271 g/mol. The molecular weight excluding hydrogens is 257 g/mol. The number of carbonyl (C=O) groups is 1. The van der Waals surface area contributed by atoms with Gasteiger partial charge >= 0.3 is 0 Å². The molecule has 0 aliphatic rings. The molecule has 0 aliphatic heterocycles. The van der Waals surface area contributed by atoms with Gasteiger partial charge in [-0.25, -0.2) is 0 Å². The fourth-order valence-corrected chi connectivity index (χ4v) is 2.36. The van der Waals surface area contributed by atoms with Gasteiger partial charge in [0.15, 0.2) is 5.12 Å². The van der Waals surface area contributed by atoms with Gasteiger partial charge in [-0.05, 0) is 12.1 Å². The first-order valence-corrected chi connectivity index (χ1v) is 6.84. The minimum atomic E-state index is 0.131. The van der Waals surface area contributed by atoms with Gasteiger partial charge in [0.05, 0.1) is 13.5 Å². The van der Waals surface area contributed by atoms with Gasteiger partial charge in [0, 0.05) is 31.0 Å². The lowest BCUT2D eigenvalue weighted by atomic mass is 9.97. The molecule has 0 unspecified atom stereocenters. The van der Waals surface area contributed by atoms with Gasteiger partial charge in [-0.1, -0.05) is 41.0 Å². The molecule has 0 aliphatic carbocycles. The molecule has 1 heterocycles. The molecule has 6 heteroatoms. The Balaban J connectivity index is 1.83. The molecule has 0 atom stereocenters. The molecule has 0 N–H and O–H groups in total. The van der Waals surface area contributed by atoms with Crippen LogP contribution in [0.4, 0.5) is 0 Å². The lowest BCUT2D eigenvalue weighted by Crippen LogP contribution is -1.95. The Morgan fingerprint density at radius 1 is 1.37 bits per heavy atom. The van der Waals surface area contributed by atoms with Crippen molar-refractivity contribution in [2.24, 2.45) is 7.05 Å². The number of aryl methyl sites for hydroxylation is 2. The largest absolute Gasteiger partial charge is 0.287 e. The molecule has 4 nitrogen and oxygen atoms in total. The predicted molar refractivity (Wildman–Crippen MR) is 76.1 cm³/mol. The number of hydrogen-bond acceptors (Lipinski definition) is 4. The summed E-state index contributed by atoms with van der Waals surface area (Å²) in [7, 11) is 7.34. The van der Waals surface area contributed by atoms with Crippen LogP contribution in [0.1, 0.15) is 17.7 Å². The summed E-state index contributed by atoms with van der Waals surface area (Å²) in [4.78, 5) is 12.8. The summed E-state index contributed by atoms with van der Waals surface area (Å²) in [6, 6.07) is 7.73. The Bertz CT molecular complexity index is 553. The van der Waals surface area contributed by atoms with E-state index in [0.29, 0.717) is 19.2 Å². The van der Waals surface area contributed by atoms with Crippen molar-refractivity contribution in [3.05, 3.63) is 41.7 Å². The number of hydrogen-bond donors (Lipinski definition) is 0. The Morgan fingerprint density at radius 2 is 2.11 bits per heavy atom. The molecule has 2 radical (unpaired) electrons. The van der Waals surface area contributed by atoms with E-state index in [-0.39, 0.29) is 5.12 Å². The van der Waals surface area contributed by atoms with Gasteiger partial charge < -0.3 is 0 Å². The molecule has 0 bridgehead atoms. The number of thioether (sulfide) groups is 1. The maximum atomic E-state index is 11.8. The van der Waals surface area contributed by atoms with Crippen molar-refractivity contribution in [2.75, 3.05) is 0 Å². The Morgan fingerprint density at radius 3 is 2.68 bits per heavy atom. The zero-order valence-corrected chi connectivity index (χ0v) is 11.6. The van der Waals surface area contributed by atoms with Crippen LogP contribution in [-0.4, -0.2) is 28.0 Å². The third-order valence-electron chi connectivity index (χ3n) is 2.63. The first kappa shape index (κ1) is 13.9. The smallest absolute Gasteiger partial charge is 0.194 e. The topological polar surface area (TPSA) is 47.8 Å². The lowest BCUT2D eigenvalue weighted by Gasteiger charge is -2.01. The van der Waals surface area contributed by atoms with Crippen LogP contribution in [0, 0.1) is 0 Å². The van der Waals surface area contributed by atoms with Crippen molar-refractivity contribution in [3.63, 3.8) is 0 Å². The zero-order valence-electron chi connectivity index (χ0n) is 10.7. The van der Waals surface area contributed by atoms with Crippen LogP contribution in [0.25, 0.3) is 0 Å². The van der Waals surface area contributed by atoms with Gasteiger partial charge in [0.25, 0.3) is 0 Å². The average Bonchev–Trinajstić information content (AvgIpc) is 2.83. The first-order chi connectivity index (χ1) is 9.17. The van der Waals surface area contributed by atoms with Crippen molar-refractivity contribution in [3.8, 4) is 0 Å². The number of benzene rings is 1. The Labute approximate surface area is 118 Å². The molecule has 0 amide bonds. The Hall–Kier alpha value is -1.56. The summed E-state index contributed by atoms with van der Waals surface area (Å²) in [5.41, 5.74) is 1.91. The van der Waals surface area contributed by atoms with Crippen LogP contribution >= 0.6 is 11.8 Å². The molecule has 19 heavy (non-hydrogen) atoms. The molecule has 2 aromatic rings. The van der Waals surface area contributed by atoms with E-state index in [4.69, 9.17) is 7.85 Å². The van der Waals surface area contributed by atoms with Gasteiger partial charge in [0.1, 0.15) is 0 Å². The minimum Gasteiger partial charge on any atom is -0.287 e. The van der Waals surface area contributed by atoms with E-state index in [0.717, 1.165) is 16.2 Å². The highest BCUT2D eigenvalue weighted by atomic mass is 32.2. The van der Waals surface area contributed by atoms with Crippen molar-refractivity contribution >= 4 is 24.7 Å². The highest BCUT2D eigenvalue weighted by Crippen LogP contribution is 2.21. The minimum absolute atomic E-state index is 0.131. The molecular formula is C13H14BN3OS. The third kappa shape index (κ3) is 4.24. The summed E-state index contributed by atoms with van der Waals surface area (Å²) in [6.45, 7) is 0. The molecule has 1 aromatic carbocycles. The van der Waals surface area contributed by atoms with Gasteiger partial charge in [-0.15, -0.1) is 5.10 Å². The predicted octanol–water partition coefficient (Wildman–Crippen LogP) is 1.74.